The van der Waals surface area contributed by atoms with Crippen molar-refractivity contribution < 1.29 is 19.0 Å². The van der Waals surface area contributed by atoms with Crippen molar-refractivity contribution in [1.82, 2.24) is 5.32 Å². The molecule has 0 radical (unpaired) electrons. The summed E-state index contributed by atoms with van der Waals surface area (Å²) in [5, 5.41) is 11.8. The number of aliphatic hydroxyl groups excluding tert-OH is 1. The van der Waals surface area contributed by atoms with Crippen LogP contribution in [0.2, 0.25) is 0 Å². The van der Waals surface area contributed by atoms with Gasteiger partial charge in [-0.15, -0.1) is 0 Å². The Morgan fingerprint density at radius 2 is 2.10 bits per heavy atom. The van der Waals surface area contributed by atoms with Crippen LogP contribution in [0.4, 0.5) is 4.39 Å². The van der Waals surface area contributed by atoms with Crippen molar-refractivity contribution in [3.05, 3.63) is 30.1 Å². The van der Waals surface area contributed by atoms with Crippen LogP contribution in [0.5, 0.6) is 5.75 Å². The smallest absolute Gasteiger partial charge is 0.261 e. The minimum atomic E-state index is -0.730. The number of ether oxygens (including phenoxy) is 1. The maximum absolute atomic E-state index is 13.5. The highest BCUT2D eigenvalue weighted by Crippen LogP contribution is 2.20. The molecule has 1 atom stereocenters. The van der Waals surface area contributed by atoms with Crippen LogP contribution >= 0.6 is 0 Å². The van der Waals surface area contributed by atoms with Crippen molar-refractivity contribution in [2.75, 3.05) is 13.2 Å². The molecule has 118 valence electrons. The lowest BCUT2D eigenvalue weighted by Gasteiger charge is -2.25. The average molecular weight is 297 g/mol. The normalized spacial score (nSPS) is 12.8. The Balaban J connectivity index is 2.60. The fourth-order valence-corrected chi connectivity index (χ4v) is 1.85. The Hall–Kier alpha value is -1.62. The van der Waals surface area contributed by atoms with Gasteiger partial charge in [0.1, 0.15) is 0 Å². The van der Waals surface area contributed by atoms with Crippen molar-refractivity contribution in [1.29, 1.82) is 0 Å². The molecule has 0 fully saturated rings. The molecule has 0 bridgehead atoms. The van der Waals surface area contributed by atoms with Crippen LogP contribution in [0, 0.1) is 11.2 Å². The minimum absolute atomic E-state index is 0.0752. The highest BCUT2D eigenvalue weighted by molar-refractivity contribution is 5.81. The summed E-state index contributed by atoms with van der Waals surface area (Å²) in [6.07, 6.45) is 0.311. The number of aliphatic hydroxyl groups is 1. The summed E-state index contributed by atoms with van der Waals surface area (Å²) in [6.45, 7) is 6.24. The number of para-hydroxylation sites is 1. The van der Waals surface area contributed by atoms with Gasteiger partial charge < -0.3 is 15.2 Å². The van der Waals surface area contributed by atoms with E-state index in [1.807, 2.05) is 20.8 Å². The van der Waals surface area contributed by atoms with E-state index >= 15 is 0 Å². The van der Waals surface area contributed by atoms with Crippen LogP contribution in [0.3, 0.4) is 0 Å². The minimum Gasteiger partial charge on any atom is -0.478 e. The van der Waals surface area contributed by atoms with Gasteiger partial charge in [0.15, 0.2) is 17.7 Å². The SMILES string of the molecule is CCC(Oc1ccccc1F)C(=O)NCC(C)(C)CCO. The lowest BCUT2D eigenvalue weighted by Crippen LogP contribution is -2.42. The van der Waals surface area contributed by atoms with Gasteiger partial charge in [-0.3, -0.25) is 4.79 Å². The summed E-state index contributed by atoms with van der Waals surface area (Å²) < 4.78 is 19.0. The number of amides is 1. The van der Waals surface area contributed by atoms with E-state index < -0.39 is 11.9 Å². The monoisotopic (exact) mass is 297 g/mol. The third-order valence-electron chi connectivity index (χ3n) is 3.30. The van der Waals surface area contributed by atoms with Gasteiger partial charge >= 0.3 is 0 Å². The zero-order chi connectivity index (χ0) is 15.9. The maximum Gasteiger partial charge on any atom is 0.261 e. The van der Waals surface area contributed by atoms with E-state index in [0.717, 1.165) is 0 Å². The quantitative estimate of drug-likeness (QED) is 0.775. The molecule has 5 heteroatoms. The van der Waals surface area contributed by atoms with Gasteiger partial charge in [-0.1, -0.05) is 32.9 Å². The summed E-state index contributed by atoms with van der Waals surface area (Å²) in [5.41, 5.74) is -0.194. The standard InChI is InChI=1S/C16H24FNO3/c1-4-13(21-14-8-6-5-7-12(14)17)15(20)18-11-16(2,3)9-10-19/h5-8,13,19H,4,9-11H2,1-3H3,(H,18,20). The molecule has 1 amide bonds. The summed E-state index contributed by atoms with van der Waals surface area (Å²) in [6, 6.07) is 6.03. The van der Waals surface area contributed by atoms with Crippen molar-refractivity contribution in [3.63, 3.8) is 0 Å². The second-order valence-corrected chi connectivity index (χ2v) is 5.80. The first-order chi connectivity index (χ1) is 9.89. The molecule has 1 aromatic carbocycles. The number of hydrogen-bond donors (Lipinski definition) is 2. The molecule has 0 aliphatic rings. The van der Waals surface area contributed by atoms with E-state index in [1.165, 1.54) is 12.1 Å². The average Bonchev–Trinajstić information content (AvgIpc) is 2.44. The van der Waals surface area contributed by atoms with E-state index in [-0.39, 0.29) is 23.7 Å². The molecule has 1 rings (SSSR count). The molecule has 1 aromatic rings. The van der Waals surface area contributed by atoms with Gasteiger partial charge in [-0.25, -0.2) is 4.39 Å². The number of hydrogen-bond acceptors (Lipinski definition) is 3. The van der Waals surface area contributed by atoms with Crippen LogP contribution in [0.25, 0.3) is 0 Å². The molecule has 0 aromatic heterocycles. The largest absolute Gasteiger partial charge is 0.478 e. The number of rotatable bonds is 8. The van der Waals surface area contributed by atoms with Gasteiger partial charge in [-0.05, 0) is 30.4 Å². The first-order valence-corrected chi connectivity index (χ1v) is 7.19. The Labute approximate surface area is 125 Å². The van der Waals surface area contributed by atoms with Gasteiger partial charge in [0.2, 0.25) is 0 Å². The number of carbonyl (C=O) groups excluding carboxylic acids is 1. The molecule has 0 aliphatic carbocycles. The molecule has 0 aliphatic heterocycles. The molecular formula is C16H24FNO3. The maximum atomic E-state index is 13.5. The van der Waals surface area contributed by atoms with E-state index in [2.05, 4.69) is 5.32 Å². The third kappa shape index (κ3) is 5.71. The second-order valence-electron chi connectivity index (χ2n) is 5.80. The summed E-state index contributed by atoms with van der Waals surface area (Å²) in [5.74, 6) is -0.676. The third-order valence-corrected chi connectivity index (χ3v) is 3.30. The Morgan fingerprint density at radius 1 is 1.43 bits per heavy atom. The van der Waals surface area contributed by atoms with Gasteiger partial charge in [0.25, 0.3) is 5.91 Å². The Morgan fingerprint density at radius 3 is 2.67 bits per heavy atom. The lowest BCUT2D eigenvalue weighted by molar-refractivity contribution is -0.128. The molecule has 0 saturated heterocycles. The van der Waals surface area contributed by atoms with Gasteiger partial charge in [0, 0.05) is 13.2 Å². The molecule has 0 saturated carbocycles. The van der Waals surface area contributed by atoms with Crippen molar-refractivity contribution >= 4 is 5.91 Å². The summed E-state index contributed by atoms with van der Waals surface area (Å²) in [7, 11) is 0. The fourth-order valence-electron chi connectivity index (χ4n) is 1.85. The molecule has 1 unspecified atom stereocenters. The topological polar surface area (TPSA) is 58.6 Å². The van der Waals surface area contributed by atoms with E-state index in [0.29, 0.717) is 19.4 Å². The van der Waals surface area contributed by atoms with E-state index in [9.17, 15) is 9.18 Å². The molecule has 4 nitrogen and oxygen atoms in total. The van der Waals surface area contributed by atoms with Gasteiger partial charge in [0.05, 0.1) is 0 Å². The number of halogens is 1. The molecule has 0 heterocycles. The first-order valence-electron chi connectivity index (χ1n) is 7.19. The van der Waals surface area contributed by atoms with Crippen LogP contribution in [-0.2, 0) is 4.79 Å². The molecule has 0 spiro atoms. The predicted octanol–water partition coefficient (Wildman–Crippen LogP) is 2.51. The fraction of sp³-hybridized carbons (Fsp3) is 0.562. The lowest BCUT2D eigenvalue weighted by atomic mass is 9.89. The highest BCUT2D eigenvalue weighted by Gasteiger charge is 2.23. The first kappa shape index (κ1) is 17.4. The zero-order valence-electron chi connectivity index (χ0n) is 12.9. The molecule has 2 N–H and O–H groups in total. The number of nitrogens with one attached hydrogen (secondary N) is 1. The Bertz CT molecular complexity index is 463. The number of carbonyl (C=O) groups is 1. The highest BCUT2D eigenvalue weighted by atomic mass is 19.1. The second kappa shape index (κ2) is 7.98. The van der Waals surface area contributed by atoms with E-state index in [1.54, 1.807) is 12.1 Å². The van der Waals surface area contributed by atoms with Gasteiger partial charge in [-0.2, -0.15) is 0 Å². The van der Waals surface area contributed by atoms with Crippen LogP contribution in [0.15, 0.2) is 24.3 Å². The predicted molar refractivity (Wildman–Crippen MR) is 79.6 cm³/mol. The molecule has 21 heavy (non-hydrogen) atoms. The van der Waals surface area contributed by atoms with Crippen LogP contribution in [-0.4, -0.2) is 30.3 Å². The van der Waals surface area contributed by atoms with Crippen LogP contribution in [0.1, 0.15) is 33.6 Å². The number of benzene rings is 1. The van der Waals surface area contributed by atoms with Crippen molar-refractivity contribution in [2.24, 2.45) is 5.41 Å². The summed E-state index contributed by atoms with van der Waals surface area (Å²) in [4.78, 5) is 12.1. The van der Waals surface area contributed by atoms with Crippen molar-refractivity contribution in [2.45, 2.75) is 39.7 Å². The van der Waals surface area contributed by atoms with Crippen LogP contribution < -0.4 is 10.1 Å². The Kier molecular flexibility index (Phi) is 6.62. The van der Waals surface area contributed by atoms with Crippen molar-refractivity contribution in [3.8, 4) is 5.75 Å². The summed E-state index contributed by atoms with van der Waals surface area (Å²) >= 11 is 0. The molecular weight excluding hydrogens is 273 g/mol. The zero-order valence-corrected chi connectivity index (χ0v) is 12.9. The van der Waals surface area contributed by atoms with E-state index in [4.69, 9.17) is 9.84 Å².